The predicted octanol–water partition coefficient (Wildman–Crippen LogP) is 4.89. The van der Waals surface area contributed by atoms with Crippen LogP contribution in [0.3, 0.4) is 0 Å². The van der Waals surface area contributed by atoms with Crippen molar-refractivity contribution < 1.29 is 14.3 Å². The van der Waals surface area contributed by atoms with Crippen LogP contribution in [0.25, 0.3) is 0 Å². The Labute approximate surface area is 104 Å². The highest BCUT2D eigenvalue weighted by molar-refractivity contribution is 5.87. The van der Waals surface area contributed by atoms with Gasteiger partial charge in [-0.25, -0.2) is 9.74 Å². The molecular weight excluding hydrogens is 219 g/mol. The van der Waals surface area contributed by atoms with Crippen molar-refractivity contribution in [2.24, 2.45) is 0 Å². The lowest BCUT2D eigenvalue weighted by atomic mass is 10.1. The summed E-state index contributed by atoms with van der Waals surface area (Å²) in [4.78, 5) is 13.9. The van der Waals surface area contributed by atoms with E-state index in [1.165, 1.54) is 44.9 Å². The first-order valence-corrected chi connectivity index (χ1v) is 6.72. The maximum Gasteiger partial charge on any atom is 0.374 e. The summed E-state index contributed by atoms with van der Waals surface area (Å²) >= 11 is 0. The summed E-state index contributed by atoms with van der Waals surface area (Å²) < 4.78 is 11.5. The average Bonchev–Trinajstić information content (AvgIpc) is 2.35. The van der Waals surface area contributed by atoms with Crippen molar-refractivity contribution in [2.75, 3.05) is 0 Å². The minimum Gasteiger partial charge on any atom is -0.250 e. The van der Waals surface area contributed by atoms with E-state index in [9.17, 15) is 9.32 Å². The van der Waals surface area contributed by atoms with Gasteiger partial charge < -0.3 is 0 Å². The maximum atomic E-state index is 11.5. The second-order valence-corrected chi connectivity index (χ2v) is 4.52. The first-order valence-electron chi connectivity index (χ1n) is 6.72. The van der Waals surface area contributed by atoms with Gasteiger partial charge in [0.15, 0.2) is 0 Å². The normalized spacial score (nSPS) is 11.6. The van der Waals surface area contributed by atoms with Gasteiger partial charge in [-0.15, -0.1) is 0 Å². The molecule has 0 aliphatic heterocycles. The number of carbonyl (C=O) groups is 1. The fourth-order valence-corrected chi connectivity index (χ4v) is 1.74. The second kappa shape index (κ2) is 11.6. The molecule has 3 heteroatoms. The number of carbonyl (C=O) groups excluding carboxylic acids is 1. The van der Waals surface area contributed by atoms with E-state index in [4.69, 9.17) is 0 Å². The third-order valence-electron chi connectivity index (χ3n) is 2.90. The molecule has 17 heavy (non-hydrogen) atoms. The average molecular weight is 244 g/mol. The van der Waals surface area contributed by atoms with E-state index in [0.717, 1.165) is 12.8 Å². The van der Waals surface area contributed by atoms with Gasteiger partial charge in [-0.05, 0) is 19.8 Å². The molecule has 0 aliphatic rings. The third-order valence-corrected chi connectivity index (χ3v) is 2.90. The van der Waals surface area contributed by atoms with E-state index in [1.807, 2.05) is 0 Å². The van der Waals surface area contributed by atoms with Gasteiger partial charge >= 0.3 is 5.97 Å². The fraction of sp³-hybridized carbons (Fsp3) is 0.786. The molecule has 0 radical (unpaired) electrons. The van der Waals surface area contributed by atoms with E-state index in [1.54, 1.807) is 13.0 Å². The molecule has 0 amide bonds. The number of unbranched alkanes of at least 4 members (excludes halogenated alkanes) is 8. The molecule has 0 heterocycles. The van der Waals surface area contributed by atoms with Crippen molar-refractivity contribution >= 4 is 5.97 Å². The van der Waals surface area contributed by atoms with Crippen LogP contribution in [0.1, 0.15) is 71.6 Å². The van der Waals surface area contributed by atoms with Crippen molar-refractivity contribution in [1.29, 1.82) is 0 Å². The van der Waals surface area contributed by atoms with E-state index in [-0.39, 0.29) is 0 Å². The van der Waals surface area contributed by atoms with Gasteiger partial charge in [0.05, 0.1) is 0 Å². The lowest BCUT2D eigenvalue weighted by molar-refractivity contribution is -0.178. The molecule has 0 aromatic heterocycles. The Hall–Kier alpha value is -0.860. The monoisotopic (exact) mass is 244 g/mol. The predicted molar refractivity (Wildman–Crippen MR) is 68.2 cm³/mol. The van der Waals surface area contributed by atoms with Gasteiger partial charge in [0.1, 0.15) is 0 Å². The molecule has 0 N–H and O–H groups in total. The highest BCUT2D eigenvalue weighted by atomic mass is 19.3. The molecule has 0 rings (SSSR count). The number of rotatable bonds is 10. The van der Waals surface area contributed by atoms with Gasteiger partial charge in [-0.3, -0.25) is 0 Å². The van der Waals surface area contributed by atoms with Crippen LogP contribution in [0.4, 0.5) is 4.53 Å². The summed E-state index contributed by atoms with van der Waals surface area (Å²) in [6, 6.07) is 0. The van der Waals surface area contributed by atoms with Crippen LogP contribution < -0.4 is 0 Å². The molecule has 0 aromatic carbocycles. The zero-order chi connectivity index (χ0) is 12.9. The SMILES string of the molecule is CCCCCCCCCCC=C(C)C(=O)OF. The molecule has 0 aliphatic carbocycles. The van der Waals surface area contributed by atoms with Gasteiger partial charge in [0.2, 0.25) is 0 Å². The van der Waals surface area contributed by atoms with Crippen LogP contribution in [0.2, 0.25) is 0 Å². The summed E-state index contributed by atoms with van der Waals surface area (Å²) in [6.45, 7) is 3.80. The first-order chi connectivity index (χ1) is 8.22. The largest absolute Gasteiger partial charge is 0.374 e. The lowest BCUT2D eigenvalue weighted by Gasteiger charge is -2.00. The van der Waals surface area contributed by atoms with Crippen LogP contribution in [-0.2, 0) is 9.74 Å². The standard InChI is InChI=1S/C14H25FO2/c1-3-4-5-6-7-8-9-10-11-12-13(2)14(16)17-15/h12H,3-11H2,1-2H3. The molecule has 0 saturated carbocycles. The van der Waals surface area contributed by atoms with Gasteiger partial charge in [0.25, 0.3) is 0 Å². The zero-order valence-corrected chi connectivity index (χ0v) is 11.1. The number of hydrogen-bond donors (Lipinski definition) is 0. The van der Waals surface area contributed by atoms with E-state index >= 15 is 0 Å². The molecule has 0 aromatic rings. The molecular formula is C14H25FO2. The number of allylic oxidation sites excluding steroid dienone is 1. The molecule has 0 saturated heterocycles. The summed E-state index contributed by atoms with van der Waals surface area (Å²) in [5.41, 5.74) is 0.357. The highest BCUT2D eigenvalue weighted by Crippen LogP contribution is 2.10. The van der Waals surface area contributed by atoms with E-state index in [0.29, 0.717) is 5.57 Å². The fourth-order valence-electron chi connectivity index (χ4n) is 1.74. The van der Waals surface area contributed by atoms with Crippen LogP contribution >= 0.6 is 0 Å². The molecule has 0 bridgehead atoms. The van der Waals surface area contributed by atoms with Crippen LogP contribution in [-0.4, -0.2) is 5.97 Å². The van der Waals surface area contributed by atoms with Crippen molar-refractivity contribution in [3.63, 3.8) is 0 Å². The highest BCUT2D eigenvalue weighted by Gasteiger charge is 2.04. The molecule has 2 nitrogen and oxygen atoms in total. The Kier molecular flexibility index (Phi) is 11.0. The van der Waals surface area contributed by atoms with Crippen molar-refractivity contribution in [1.82, 2.24) is 0 Å². The molecule has 0 fully saturated rings. The minimum atomic E-state index is -0.871. The van der Waals surface area contributed by atoms with Crippen molar-refractivity contribution in [3.8, 4) is 0 Å². The minimum absolute atomic E-state index is 0.357. The maximum absolute atomic E-state index is 11.5. The Morgan fingerprint density at radius 3 is 2.12 bits per heavy atom. The summed E-state index contributed by atoms with van der Waals surface area (Å²) in [7, 11) is 0. The summed E-state index contributed by atoms with van der Waals surface area (Å²) in [6.07, 6.45) is 12.7. The molecule has 100 valence electrons. The van der Waals surface area contributed by atoms with Crippen molar-refractivity contribution in [2.45, 2.75) is 71.6 Å². The third kappa shape index (κ3) is 10.0. The molecule has 0 spiro atoms. The number of halogens is 1. The molecule has 0 atom stereocenters. The smallest absolute Gasteiger partial charge is 0.250 e. The van der Waals surface area contributed by atoms with Crippen molar-refractivity contribution in [3.05, 3.63) is 11.6 Å². The Balaban J connectivity index is 3.31. The number of hydrogen-bond acceptors (Lipinski definition) is 2. The topological polar surface area (TPSA) is 26.3 Å². The Morgan fingerprint density at radius 2 is 1.59 bits per heavy atom. The van der Waals surface area contributed by atoms with Gasteiger partial charge in [0, 0.05) is 10.1 Å². The lowest BCUT2D eigenvalue weighted by Crippen LogP contribution is -1.98. The Morgan fingerprint density at radius 1 is 1.06 bits per heavy atom. The second-order valence-electron chi connectivity index (χ2n) is 4.52. The first kappa shape index (κ1) is 16.1. The Bertz CT molecular complexity index is 224. The summed E-state index contributed by atoms with van der Waals surface area (Å²) in [5, 5.41) is 0. The summed E-state index contributed by atoms with van der Waals surface area (Å²) in [5.74, 6) is -0.871. The molecule has 0 unspecified atom stereocenters. The van der Waals surface area contributed by atoms with Crippen LogP contribution in [0.5, 0.6) is 0 Å². The van der Waals surface area contributed by atoms with Crippen LogP contribution in [0, 0.1) is 0 Å². The van der Waals surface area contributed by atoms with E-state index < -0.39 is 5.97 Å². The quantitative estimate of drug-likeness (QED) is 0.404. The van der Waals surface area contributed by atoms with Gasteiger partial charge in [-0.1, -0.05) is 57.9 Å². The van der Waals surface area contributed by atoms with Crippen LogP contribution in [0.15, 0.2) is 11.6 Å². The van der Waals surface area contributed by atoms with E-state index in [2.05, 4.69) is 11.9 Å². The zero-order valence-electron chi connectivity index (χ0n) is 11.1. The van der Waals surface area contributed by atoms with Gasteiger partial charge in [-0.2, -0.15) is 0 Å².